The molecule has 0 saturated carbocycles. The van der Waals surface area contributed by atoms with Crippen LogP contribution in [0.1, 0.15) is 48.2 Å². The standard InChI is InChI=1S/C27H35F3N2O3/c1-18-11-23-12-22(19(2)34)5-8-25(23)26(32(18)16-27(29,30)17-33)21-3-6-24(7-4-21)35-10-9-31-14-20(13-28)15-31/h3-8,12,18-20,26,33-34H,9-11,13-17H2,1-2H3/t18-,19+,26-/m0/s1. The maximum Gasteiger partial charge on any atom is 0.283 e. The molecule has 1 saturated heterocycles. The summed E-state index contributed by atoms with van der Waals surface area (Å²) in [7, 11) is 0. The quantitative estimate of drug-likeness (QED) is 0.526. The summed E-state index contributed by atoms with van der Waals surface area (Å²) >= 11 is 0. The van der Waals surface area contributed by atoms with E-state index in [-0.39, 0.29) is 18.6 Å². The Labute approximate surface area is 205 Å². The van der Waals surface area contributed by atoms with E-state index in [1.165, 1.54) is 0 Å². The number of ether oxygens (including phenoxy) is 1. The number of fused-ring (bicyclic) bond motifs is 1. The minimum Gasteiger partial charge on any atom is -0.492 e. The number of halogens is 3. The number of rotatable bonds is 10. The molecule has 2 heterocycles. The summed E-state index contributed by atoms with van der Waals surface area (Å²) in [5.41, 5.74) is 3.62. The van der Waals surface area contributed by atoms with Crippen LogP contribution in [-0.2, 0) is 6.42 Å². The predicted octanol–water partition coefficient (Wildman–Crippen LogP) is 3.98. The van der Waals surface area contributed by atoms with Gasteiger partial charge in [0.1, 0.15) is 19.0 Å². The summed E-state index contributed by atoms with van der Waals surface area (Å²) in [4.78, 5) is 3.90. The maximum absolute atomic E-state index is 14.3. The molecule has 5 nitrogen and oxygen atoms in total. The van der Waals surface area contributed by atoms with Crippen molar-refractivity contribution >= 4 is 0 Å². The molecule has 192 valence electrons. The Balaban J connectivity index is 1.54. The topological polar surface area (TPSA) is 56.2 Å². The Bertz CT molecular complexity index is 980. The van der Waals surface area contributed by atoms with Gasteiger partial charge in [-0.15, -0.1) is 0 Å². The lowest BCUT2D eigenvalue weighted by atomic mass is 9.83. The van der Waals surface area contributed by atoms with Crippen LogP contribution >= 0.6 is 0 Å². The highest BCUT2D eigenvalue weighted by Gasteiger charge is 2.40. The summed E-state index contributed by atoms with van der Waals surface area (Å²) in [5, 5.41) is 19.2. The summed E-state index contributed by atoms with van der Waals surface area (Å²) in [6, 6.07) is 12.6. The van der Waals surface area contributed by atoms with Gasteiger partial charge in [0.15, 0.2) is 0 Å². The first-order valence-electron chi connectivity index (χ1n) is 12.3. The molecule has 2 N–H and O–H groups in total. The Hall–Kier alpha value is -2.13. The van der Waals surface area contributed by atoms with Crippen LogP contribution in [0, 0.1) is 5.92 Å². The molecule has 0 radical (unpaired) electrons. The molecular weight excluding hydrogens is 457 g/mol. The minimum absolute atomic E-state index is 0.146. The van der Waals surface area contributed by atoms with Gasteiger partial charge in [0, 0.05) is 31.6 Å². The van der Waals surface area contributed by atoms with E-state index in [1.54, 1.807) is 11.8 Å². The second-order valence-electron chi connectivity index (χ2n) is 9.97. The highest BCUT2D eigenvalue weighted by molar-refractivity contribution is 5.44. The molecule has 0 spiro atoms. The highest BCUT2D eigenvalue weighted by atomic mass is 19.3. The fraction of sp³-hybridized carbons (Fsp3) is 0.556. The van der Waals surface area contributed by atoms with Crippen molar-refractivity contribution in [3.05, 3.63) is 64.7 Å². The zero-order valence-electron chi connectivity index (χ0n) is 20.3. The van der Waals surface area contributed by atoms with E-state index in [4.69, 9.17) is 4.74 Å². The summed E-state index contributed by atoms with van der Waals surface area (Å²) in [5.74, 6) is -2.38. The van der Waals surface area contributed by atoms with Gasteiger partial charge in [-0.05, 0) is 54.7 Å². The van der Waals surface area contributed by atoms with E-state index >= 15 is 0 Å². The molecule has 0 aliphatic carbocycles. The van der Waals surface area contributed by atoms with Crippen LogP contribution < -0.4 is 4.74 Å². The van der Waals surface area contributed by atoms with Gasteiger partial charge in [0.25, 0.3) is 5.92 Å². The Morgan fingerprint density at radius 1 is 1.14 bits per heavy atom. The Morgan fingerprint density at radius 3 is 2.49 bits per heavy atom. The van der Waals surface area contributed by atoms with E-state index in [0.29, 0.717) is 18.8 Å². The lowest BCUT2D eigenvalue weighted by molar-refractivity contribution is -0.0862. The molecule has 0 bridgehead atoms. The number of benzene rings is 2. The number of hydrogen-bond donors (Lipinski definition) is 2. The van der Waals surface area contributed by atoms with Gasteiger partial charge < -0.3 is 14.9 Å². The molecule has 8 heteroatoms. The van der Waals surface area contributed by atoms with E-state index in [1.807, 2.05) is 49.4 Å². The van der Waals surface area contributed by atoms with Crippen molar-refractivity contribution < 1.29 is 28.1 Å². The zero-order chi connectivity index (χ0) is 25.2. The molecule has 2 aliphatic heterocycles. The monoisotopic (exact) mass is 492 g/mol. The number of hydrogen-bond acceptors (Lipinski definition) is 5. The van der Waals surface area contributed by atoms with Crippen molar-refractivity contribution in [1.29, 1.82) is 0 Å². The van der Waals surface area contributed by atoms with Crippen LogP contribution in [0.4, 0.5) is 13.2 Å². The van der Waals surface area contributed by atoms with Crippen LogP contribution in [0.3, 0.4) is 0 Å². The van der Waals surface area contributed by atoms with E-state index in [9.17, 15) is 23.4 Å². The SMILES string of the molecule is C[C@@H](O)c1ccc2c(c1)C[C@H](C)N(CC(F)(F)CO)[C@H]2c1ccc(OCCN2CC(CF)C2)cc1. The maximum atomic E-state index is 14.3. The third kappa shape index (κ3) is 6.00. The predicted molar refractivity (Wildman–Crippen MR) is 129 cm³/mol. The third-order valence-electron chi connectivity index (χ3n) is 7.13. The number of aliphatic hydroxyl groups excluding tert-OH is 2. The fourth-order valence-corrected chi connectivity index (χ4v) is 5.13. The van der Waals surface area contributed by atoms with Crippen molar-refractivity contribution in [2.24, 2.45) is 5.92 Å². The van der Waals surface area contributed by atoms with Gasteiger partial charge >= 0.3 is 0 Å². The molecular formula is C27H35F3N2O3. The van der Waals surface area contributed by atoms with Gasteiger partial charge in [-0.1, -0.05) is 30.3 Å². The number of aliphatic hydroxyl groups is 2. The second kappa shape index (κ2) is 10.9. The molecule has 4 rings (SSSR count). The lowest BCUT2D eigenvalue weighted by Gasteiger charge is -2.43. The summed E-state index contributed by atoms with van der Waals surface area (Å²) in [6.07, 6.45) is -0.0316. The van der Waals surface area contributed by atoms with Gasteiger partial charge in [-0.25, -0.2) is 8.78 Å². The second-order valence-corrected chi connectivity index (χ2v) is 9.97. The summed E-state index contributed by atoms with van der Waals surface area (Å²) in [6.45, 7) is 4.36. The fourth-order valence-electron chi connectivity index (χ4n) is 5.13. The van der Waals surface area contributed by atoms with Crippen LogP contribution in [0.5, 0.6) is 5.75 Å². The van der Waals surface area contributed by atoms with Crippen molar-refractivity contribution in [2.45, 2.75) is 44.4 Å². The molecule has 0 amide bonds. The van der Waals surface area contributed by atoms with Gasteiger partial charge in [-0.2, -0.15) is 0 Å². The lowest BCUT2D eigenvalue weighted by Crippen LogP contribution is -2.49. The van der Waals surface area contributed by atoms with Crippen molar-refractivity contribution in [2.75, 3.05) is 46.1 Å². The first-order valence-corrected chi connectivity index (χ1v) is 12.3. The van der Waals surface area contributed by atoms with E-state index < -0.39 is 31.2 Å². The van der Waals surface area contributed by atoms with E-state index in [2.05, 4.69) is 4.90 Å². The number of nitrogens with zero attached hydrogens (tertiary/aromatic N) is 2. The molecule has 2 aromatic rings. The minimum atomic E-state index is -3.22. The first-order chi connectivity index (χ1) is 16.7. The molecule has 3 atom stereocenters. The zero-order valence-corrected chi connectivity index (χ0v) is 20.3. The van der Waals surface area contributed by atoms with Crippen LogP contribution in [0.2, 0.25) is 0 Å². The van der Waals surface area contributed by atoms with Crippen LogP contribution in [-0.4, -0.2) is 78.0 Å². The molecule has 0 aromatic heterocycles. The largest absolute Gasteiger partial charge is 0.492 e. The smallest absolute Gasteiger partial charge is 0.283 e. The molecule has 2 aromatic carbocycles. The Kier molecular flexibility index (Phi) is 8.06. The first kappa shape index (κ1) is 25.9. The number of likely N-dealkylation sites (tertiary alicyclic amines) is 1. The third-order valence-corrected chi connectivity index (χ3v) is 7.13. The van der Waals surface area contributed by atoms with Crippen molar-refractivity contribution in [3.63, 3.8) is 0 Å². The molecule has 1 fully saturated rings. The highest BCUT2D eigenvalue weighted by Crippen LogP contribution is 2.40. The van der Waals surface area contributed by atoms with Gasteiger partial charge in [-0.3, -0.25) is 14.2 Å². The van der Waals surface area contributed by atoms with Gasteiger partial charge in [0.2, 0.25) is 0 Å². The normalized spacial score (nSPS) is 22.5. The average Bonchev–Trinajstić information content (AvgIpc) is 2.81. The van der Waals surface area contributed by atoms with Crippen LogP contribution in [0.15, 0.2) is 42.5 Å². The molecule has 2 aliphatic rings. The summed E-state index contributed by atoms with van der Waals surface area (Å²) < 4.78 is 47.1. The molecule has 0 unspecified atom stereocenters. The van der Waals surface area contributed by atoms with Gasteiger partial charge in [0.05, 0.1) is 25.4 Å². The van der Waals surface area contributed by atoms with E-state index in [0.717, 1.165) is 41.9 Å². The van der Waals surface area contributed by atoms with Crippen molar-refractivity contribution in [3.8, 4) is 5.75 Å². The number of alkyl halides is 3. The van der Waals surface area contributed by atoms with Crippen LogP contribution in [0.25, 0.3) is 0 Å². The average molecular weight is 493 g/mol. The van der Waals surface area contributed by atoms with Crippen molar-refractivity contribution in [1.82, 2.24) is 9.80 Å². The Morgan fingerprint density at radius 2 is 1.86 bits per heavy atom. The molecule has 35 heavy (non-hydrogen) atoms.